The van der Waals surface area contributed by atoms with Gasteiger partial charge < -0.3 is 11.2 Å². The minimum atomic E-state index is 0. The first-order valence-electron chi connectivity index (χ1n) is 4.01. The van der Waals surface area contributed by atoms with Crippen LogP contribution >= 0.6 is 11.3 Å². The van der Waals surface area contributed by atoms with Crippen LogP contribution in [0.25, 0.3) is 0 Å². The monoisotopic (exact) mass is 471 g/mol. The zero-order valence-electron chi connectivity index (χ0n) is 8.10. The second kappa shape index (κ2) is 13.0. The molecule has 0 fully saturated rings. The van der Waals surface area contributed by atoms with Crippen LogP contribution in [0.5, 0.6) is 0 Å². The summed E-state index contributed by atoms with van der Waals surface area (Å²) in [7, 11) is 0. The minimum absolute atomic E-state index is 0. The van der Waals surface area contributed by atoms with E-state index in [1.54, 1.807) is 17.8 Å². The van der Waals surface area contributed by atoms with Crippen molar-refractivity contribution in [2.75, 3.05) is 0 Å². The summed E-state index contributed by atoms with van der Waals surface area (Å²) in [6.07, 6.45) is 5.38. The van der Waals surface area contributed by atoms with E-state index in [0.29, 0.717) is 0 Å². The summed E-state index contributed by atoms with van der Waals surface area (Å²) in [6, 6.07) is 0. The first-order chi connectivity index (χ1) is 5.83. The number of hydrogen-bond donors (Lipinski definition) is 0. The van der Waals surface area contributed by atoms with E-state index in [2.05, 4.69) is 10.4 Å². The molecule has 0 N–H and O–H groups in total. The molecule has 1 aromatic rings. The van der Waals surface area contributed by atoms with Crippen LogP contribution in [-0.4, -0.2) is 11.3 Å². The summed E-state index contributed by atoms with van der Waals surface area (Å²) in [5.41, 5.74) is 1.09. The smallest absolute Gasteiger partial charge is 0.0927 e. The molecular formula is C10H16NOSWY-. The van der Waals surface area contributed by atoms with Gasteiger partial charge in [0.25, 0.3) is 0 Å². The first kappa shape index (κ1) is 21.3. The van der Waals surface area contributed by atoms with E-state index < -0.39 is 0 Å². The fraction of sp³-hybridized carbons (Fsp3) is 0.500. The second-order valence-corrected chi connectivity index (χ2v) is 3.59. The van der Waals surface area contributed by atoms with Gasteiger partial charge in [-0.1, -0.05) is 13.8 Å². The Balaban J connectivity index is -0.000000480. The van der Waals surface area contributed by atoms with Gasteiger partial charge in [0.1, 0.15) is 0 Å². The molecule has 0 atom stereocenters. The maximum Gasteiger partial charge on any atom is 0.0927 e. The predicted octanol–water partition coefficient (Wildman–Crippen LogP) is 2.81. The Morgan fingerprint density at radius 1 is 1.60 bits per heavy atom. The maximum absolute atomic E-state index is 9.95. The number of aryl methyl sites for hydroxylation is 2. The molecule has 1 heterocycles. The molecule has 0 saturated carbocycles. The summed E-state index contributed by atoms with van der Waals surface area (Å²) in [5, 5.41) is 3.23. The van der Waals surface area contributed by atoms with E-state index in [1.165, 1.54) is 5.01 Å². The molecule has 0 amide bonds. The van der Waals surface area contributed by atoms with Gasteiger partial charge in [-0.05, 0) is 19.6 Å². The number of thiazole rings is 1. The molecule has 83 valence electrons. The number of nitrogens with zero attached hydrogens (tertiary/aromatic N) is 1. The Kier molecular flexibility index (Phi) is 18.5. The Hall–Kier alpha value is 0.962. The van der Waals surface area contributed by atoms with Gasteiger partial charge in [-0.15, -0.1) is 11.3 Å². The minimum Gasteiger partial charge on any atom is -0.338 e. The van der Waals surface area contributed by atoms with Crippen LogP contribution in [0, 0.1) is 13.3 Å². The van der Waals surface area contributed by atoms with E-state index >= 15 is 0 Å². The van der Waals surface area contributed by atoms with Crippen LogP contribution in [0.2, 0.25) is 0 Å². The third kappa shape index (κ3) is 9.87. The Morgan fingerprint density at radius 3 is 2.73 bits per heavy atom. The van der Waals surface area contributed by atoms with E-state index in [4.69, 9.17) is 0 Å². The SMILES string of the molecule is C.Cc1csc(CCC[CH-]C=O)n1.[W].[Y]. The Labute approximate surface area is 136 Å². The summed E-state index contributed by atoms with van der Waals surface area (Å²) >= 11 is 1.69. The zero-order chi connectivity index (χ0) is 8.81. The molecule has 5 heteroatoms. The van der Waals surface area contributed by atoms with Gasteiger partial charge in [0, 0.05) is 64.8 Å². The molecule has 0 aliphatic heterocycles. The van der Waals surface area contributed by atoms with Crippen LogP contribution in [0.15, 0.2) is 5.38 Å². The van der Waals surface area contributed by atoms with Crippen molar-refractivity contribution < 1.29 is 58.6 Å². The van der Waals surface area contributed by atoms with E-state index in [-0.39, 0.29) is 61.2 Å². The van der Waals surface area contributed by atoms with Gasteiger partial charge >= 0.3 is 0 Å². The van der Waals surface area contributed by atoms with E-state index in [9.17, 15) is 4.79 Å². The average Bonchev–Trinajstić information content (AvgIpc) is 2.45. The Bertz CT molecular complexity index is 255. The van der Waals surface area contributed by atoms with Crippen LogP contribution < -0.4 is 0 Å². The summed E-state index contributed by atoms with van der Waals surface area (Å²) in [4.78, 5) is 14.3. The molecule has 0 bridgehead atoms. The number of aromatic nitrogens is 1. The van der Waals surface area contributed by atoms with Crippen molar-refractivity contribution in [1.82, 2.24) is 4.98 Å². The molecule has 0 unspecified atom stereocenters. The number of carbonyl (C=O) groups excluding carboxylic acids is 1. The molecule has 0 saturated heterocycles. The van der Waals surface area contributed by atoms with Gasteiger partial charge in [-0.2, -0.15) is 6.42 Å². The number of carbonyl (C=O) groups is 1. The molecule has 0 spiro atoms. The number of aldehydes is 1. The third-order valence-electron chi connectivity index (χ3n) is 1.52. The van der Waals surface area contributed by atoms with Crippen molar-refractivity contribution in [3.05, 3.63) is 22.5 Å². The quantitative estimate of drug-likeness (QED) is 0.376. The number of rotatable bonds is 5. The summed E-state index contributed by atoms with van der Waals surface area (Å²) in [6.45, 7) is 2.00. The van der Waals surface area contributed by atoms with Crippen LogP contribution in [0.4, 0.5) is 0 Å². The van der Waals surface area contributed by atoms with Crippen molar-refractivity contribution in [2.24, 2.45) is 0 Å². The zero-order valence-corrected chi connectivity index (χ0v) is 14.7. The van der Waals surface area contributed by atoms with Gasteiger partial charge in [-0.3, -0.25) is 0 Å². The van der Waals surface area contributed by atoms with Crippen molar-refractivity contribution >= 4 is 17.6 Å². The molecule has 2 nitrogen and oxygen atoms in total. The van der Waals surface area contributed by atoms with Crippen LogP contribution in [0.1, 0.15) is 31.0 Å². The largest absolute Gasteiger partial charge is 0.338 e. The third-order valence-corrected chi connectivity index (χ3v) is 2.55. The van der Waals surface area contributed by atoms with Gasteiger partial charge in [0.05, 0.1) is 5.01 Å². The predicted molar refractivity (Wildman–Crippen MR) is 56.9 cm³/mol. The first-order valence-corrected chi connectivity index (χ1v) is 4.89. The second-order valence-electron chi connectivity index (χ2n) is 2.65. The molecule has 15 heavy (non-hydrogen) atoms. The molecule has 1 radical (unpaired) electrons. The molecule has 0 aromatic carbocycles. The van der Waals surface area contributed by atoms with Crippen LogP contribution in [-0.2, 0) is 65.0 Å². The van der Waals surface area contributed by atoms with Gasteiger partial charge in [0.15, 0.2) is 0 Å². The number of unbranched alkanes of at least 4 members (excludes halogenated alkanes) is 2. The van der Waals surface area contributed by atoms with Gasteiger partial charge in [-0.25, -0.2) is 4.98 Å². The summed E-state index contributed by atoms with van der Waals surface area (Å²) < 4.78 is 0. The van der Waals surface area contributed by atoms with Crippen molar-refractivity contribution in [3.8, 4) is 0 Å². The fourth-order valence-corrected chi connectivity index (χ4v) is 1.77. The maximum atomic E-state index is 9.95. The topological polar surface area (TPSA) is 30.0 Å². The average molecular weight is 471 g/mol. The molecule has 0 aliphatic carbocycles. The van der Waals surface area contributed by atoms with Crippen molar-refractivity contribution in [1.29, 1.82) is 0 Å². The fourth-order valence-electron chi connectivity index (χ4n) is 0.957. The molecule has 1 aromatic heterocycles. The standard InChI is InChI=1S/C9H12NOS.CH4.W.Y/c1-8-7-12-9(10-8)5-3-2-4-6-11;;;/h4,6-7H,2-3,5H2,1H3;1H4;;/q-1;;;. The number of hydrogen-bond acceptors (Lipinski definition) is 3. The molecule has 0 aliphatic rings. The summed E-state index contributed by atoms with van der Waals surface area (Å²) in [5.74, 6) is 0. The van der Waals surface area contributed by atoms with Crippen molar-refractivity contribution in [3.63, 3.8) is 0 Å². The van der Waals surface area contributed by atoms with E-state index in [0.717, 1.165) is 31.2 Å². The molecular weight excluding hydrogens is 455 g/mol. The van der Waals surface area contributed by atoms with Crippen molar-refractivity contribution in [2.45, 2.75) is 33.6 Å². The normalized spacial score (nSPS) is 7.80. The van der Waals surface area contributed by atoms with E-state index in [1.807, 2.05) is 6.92 Å². The molecule has 1 rings (SSSR count). The van der Waals surface area contributed by atoms with Gasteiger partial charge in [0.2, 0.25) is 0 Å². The van der Waals surface area contributed by atoms with Crippen LogP contribution in [0.3, 0.4) is 0 Å². The Morgan fingerprint density at radius 2 is 2.27 bits per heavy atom.